The average molecular weight is 258 g/mol. The smallest absolute Gasteiger partial charge is 0.226 e. The maximum absolute atomic E-state index is 5.61. The second kappa shape index (κ2) is 8.12. The molecule has 0 aliphatic heterocycles. The second-order valence-electron chi connectivity index (χ2n) is 3.78. The molecule has 1 heterocycles. The Morgan fingerprint density at radius 2 is 2.12 bits per heavy atom. The fourth-order valence-corrected chi connectivity index (χ4v) is 1.63. The predicted molar refractivity (Wildman–Crippen MR) is 71.0 cm³/mol. The summed E-state index contributed by atoms with van der Waals surface area (Å²) in [6.45, 7) is 5.36. The van der Waals surface area contributed by atoms with Gasteiger partial charge in [0.05, 0.1) is 6.61 Å². The van der Waals surface area contributed by atoms with Crippen LogP contribution in [0.4, 0.5) is 5.95 Å². The molecule has 0 atom stereocenters. The fourth-order valence-electron chi connectivity index (χ4n) is 1.44. The molecule has 0 fully saturated rings. The molecule has 0 radical (unpaired) electrons. The molecule has 0 aliphatic carbocycles. The molecule has 5 heteroatoms. The Bertz CT molecular complexity index is 334. The van der Waals surface area contributed by atoms with Gasteiger partial charge in [-0.2, -0.15) is 4.98 Å². The van der Waals surface area contributed by atoms with Crippen molar-refractivity contribution in [3.05, 3.63) is 11.8 Å². The molecule has 0 aromatic carbocycles. The third-order valence-electron chi connectivity index (χ3n) is 2.22. The molecule has 1 aromatic heterocycles. The highest BCUT2D eigenvalue weighted by Gasteiger charge is 2.01. The number of anilines is 1. The van der Waals surface area contributed by atoms with E-state index in [1.54, 1.807) is 0 Å². The van der Waals surface area contributed by atoms with Crippen LogP contribution in [0.1, 0.15) is 31.9 Å². The lowest BCUT2D eigenvalue weighted by molar-refractivity contribution is 0.326. The van der Waals surface area contributed by atoms with Gasteiger partial charge in [0.25, 0.3) is 0 Å². The number of nitrogens with zero attached hydrogens (tertiary/aromatic N) is 2. The number of rotatable bonds is 8. The summed E-state index contributed by atoms with van der Waals surface area (Å²) >= 11 is 5.61. The van der Waals surface area contributed by atoms with Crippen molar-refractivity contribution in [3.8, 4) is 5.88 Å². The number of hydrogen-bond donors (Lipinski definition) is 1. The minimum atomic E-state index is 0.617. The van der Waals surface area contributed by atoms with E-state index in [1.807, 2.05) is 19.9 Å². The standard InChI is InChI=1S/C12H20ClN3O/c1-3-17-11-9-10(2)15-12(16-11)14-8-6-4-5-7-13/h9H,3-8H2,1-2H3,(H,14,15,16). The molecule has 96 valence electrons. The van der Waals surface area contributed by atoms with Crippen LogP contribution >= 0.6 is 11.6 Å². The van der Waals surface area contributed by atoms with Crippen LogP contribution < -0.4 is 10.1 Å². The first kappa shape index (κ1) is 14.0. The van der Waals surface area contributed by atoms with Crippen molar-refractivity contribution < 1.29 is 4.74 Å². The largest absolute Gasteiger partial charge is 0.478 e. The van der Waals surface area contributed by atoms with Gasteiger partial charge in [-0.1, -0.05) is 6.42 Å². The molecular weight excluding hydrogens is 238 g/mol. The molecule has 4 nitrogen and oxygen atoms in total. The van der Waals surface area contributed by atoms with Gasteiger partial charge in [-0.05, 0) is 26.7 Å². The first-order valence-corrected chi connectivity index (χ1v) is 6.58. The van der Waals surface area contributed by atoms with Gasteiger partial charge in [0.1, 0.15) is 0 Å². The highest BCUT2D eigenvalue weighted by molar-refractivity contribution is 6.17. The number of aryl methyl sites for hydroxylation is 1. The van der Waals surface area contributed by atoms with Gasteiger partial charge in [-0.3, -0.25) is 0 Å². The van der Waals surface area contributed by atoms with Gasteiger partial charge in [-0.15, -0.1) is 11.6 Å². The zero-order chi connectivity index (χ0) is 12.5. The van der Waals surface area contributed by atoms with Gasteiger partial charge < -0.3 is 10.1 Å². The van der Waals surface area contributed by atoms with E-state index in [9.17, 15) is 0 Å². The van der Waals surface area contributed by atoms with Crippen LogP contribution in [-0.4, -0.2) is 29.0 Å². The Kier molecular flexibility index (Phi) is 6.70. The maximum Gasteiger partial charge on any atom is 0.226 e. The summed E-state index contributed by atoms with van der Waals surface area (Å²) in [7, 11) is 0. The molecule has 1 N–H and O–H groups in total. The molecule has 0 bridgehead atoms. The molecule has 0 aliphatic rings. The molecule has 0 unspecified atom stereocenters. The van der Waals surface area contributed by atoms with E-state index in [4.69, 9.17) is 16.3 Å². The summed E-state index contributed by atoms with van der Waals surface area (Å²) in [5, 5.41) is 3.20. The Morgan fingerprint density at radius 1 is 1.29 bits per heavy atom. The molecule has 0 amide bonds. The number of halogens is 1. The topological polar surface area (TPSA) is 47.0 Å². The first-order chi connectivity index (χ1) is 8.26. The lowest BCUT2D eigenvalue weighted by Crippen LogP contribution is -2.07. The van der Waals surface area contributed by atoms with Crippen molar-refractivity contribution in [2.45, 2.75) is 33.1 Å². The van der Waals surface area contributed by atoms with Gasteiger partial charge in [0.15, 0.2) is 0 Å². The summed E-state index contributed by atoms with van der Waals surface area (Å²) in [6.07, 6.45) is 3.26. The van der Waals surface area contributed by atoms with Crippen molar-refractivity contribution in [1.29, 1.82) is 0 Å². The van der Waals surface area contributed by atoms with Crippen molar-refractivity contribution in [1.82, 2.24) is 9.97 Å². The van der Waals surface area contributed by atoms with Gasteiger partial charge in [0.2, 0.25) is 11.8 Å². The molecule has 0 saturated carbocycles. The predicted octanol–water partition coefficient (Wildman–Crippen LogP) is 3.00. The van der Waals surface area contributed by atoms with E-state index in [2.05, 4.69) is 15.3 Å². The Labute approximate surface area is 108 Å². The van der Waals surface area contributed by atoms with E-state index in [0.29, 0.717) is 18.4 Å². The molecular formula is C12H20ClN3O. The number of hydrogen-bond acceptors (Lipinski definition) is 4. The summed E-state index contributed by atoms with van der Waals surface area (Å²) in [4.78, 5) is 8.58. The van der Waals surface area contributed by atoms with E-state index in [-0.39, 0.29) is 0 Å². The summed E-state index contributed by atoms with van der Waals surface area (Å²) in [5.74, 6) is 2.00. The Morgan fingerprint density at radius 3 is 2.82 bits per heavy atom. The molecule has 0 spiro atoms. The zero-order valence-corrected chi connectivity index (χ0v) is 11.3. The zero-order valence-electron chi connectivity index (χ0n) is 10.5. The van der Waals surface area contributed by atoms with Crippen LogP contribution in [0.15, 0.2) is 6.07 Å². The lowest BCUT2D eigenvalue weighted by atomic mass is 10.2. The monoisotopic (exact) mass is 257 g/mol. The lowest BCUT2D eigenvalue weighted by Gasteiger charge is -2.08. The third-order valence-corrected chi connectivity index (χ3v) is 2.48. The van der Waals surface area contributed by atoms with Crippen LogP contribution in [-0.2, 0) is 0 Å². The molecule has 17 heavy (non-hydrogen) atoms. The minimum Gasteiger partial charge on any atom is -0.478 e. The second-order valence-corrected chi connectivity index (χ2v) is 4.16. The number of ether oxygens (including phenoxy) is 1. The van der Waals surface area contributed by atoms with Crippen LogP contribution in [0.25, 0.3) is 0 Å². The Hall–Kier alpha value is -1.03. The Balaban J connectivity index is 2.41. The van der Waals surface area contributed by atoms with Crippen molar-refractivity contribution in [2.75, 3.05) is 24.3 Å². The maximum atomic E-state index is 5.61. The van der Waals surface area contributed by atoms with Crippen LogP contribution in [0.2, 0.25) is 0 Å². The van der Waals surface area contributed by atoms with Gasteiger partial charge in [0, 0.05) is 24.2 Å². The number of unbranched alkanes of at least 4 members (excludes halogenated alkanes) is 2. The molecule has 1 aromatic rings. The van der Waals surface area contributed by atoms with Crippen LogP contribution in [0.5, 0.6) is 5.88 Å². The third kappa shape index (κ3) is 5.73. The van der Waals surface area contributed by atoms with Crippen molar-refractivity contribution in [3.63, 3.8) is 0 Å². The normalized spacial score (nSPS) is 10.3. The summed E-state index contributed by atoms with van der Waals surface area (Å²) in [6, 6.07) is 1.84. The van der Waals surface area contributed by atoms with E-state index in [0.717, 1.165) is 37.4 Å². The fraction of sp³-hybridized carbons (Fsp3) is 0.667. The van der Waals surface area contributed by atoms with Crippen molar-refractivity contribution in [2.24, 2.45) is 0 Å². The van der Waals surface area contributed by atoms with Gasteiger partial charge in [-0.25, -0.2) is 4.98 Å². The first-order valence-electron chi connectivity index (χ1n) is 6.04. The van der Waals surface area contributed by atoms with E-state index >= 15 is 0 Å². The summed E-state index contributed by atoms with van der Waals surface area (Å²) in [5.41, 5.74) is 0.909. The van der Waals surface area contributed by atoms with E-state index in [1.165, 1.54) is 0 Å². The summed E-state index contributed by atoms with van der Waals surface area (Å²) < 4.78 is 5.36. The van der Waals surface area contributed by atoms with Crippen molar-refractivity contribution >= 4 is 17.5 Å². The van der Waals surface area contributed by atoms with Crippen LogP contribution in [0.3, 0.4) is 0 Å². The molecule has 0 saturated heterocycles. The average Bonchev–Trinajstić information content (AvgIpc) is 2.28. The highest BCUT2D eigenvalue weighted by Crippen LogP contribution is 2.12. The van der Waals surface area contributed by atoms with Crippen LogP contribution in [0, 0.1) is 6.92 Å². The number of nitrogens with one attached hydrogen (secondary N) is 1. The molecule has 1 rings (SSSR count). The SMILES string of the molecule is CCOc1cc(C)nc(NCCCCCCl)n1. The number of aromatic nitrogens is 2. The highest BCUT2D eigenvalue weighted by atomic mass is 35.5. The quantitative estimate of drug-likeness (QED) is 0.575. The number of alkyl halides is 1. The van der Waals surface area contributed by atoms with Gasteiger partial charge >= 0.3 is 0 Å². The van der Waals surface area contributed by atoms with E-state index < -0.39 is 0 Å². The minimum absolute atomic E-state index is 0.617.